The summed E-state index contributed by atoms with van der Waals surface area (Å²) in [6.07, 6.45) is 2.12. The molecule has 90 valence electrons. The lowest BCUT2D eigenvalue weighted by atomic mass is 10.2. The normalized spacial score (nSPS) is 10.4. The molecule has 0 bridgehead atoms. The van der Waals surface area contributed by atoms with Gasteiger partial charge in [-0.3, -0.25) is 4.79 Å². The van der Waals surface area contributed by atoms with Crippen LogP contribution in [0, 0.1) is 0 Å². The summed E-state index contributed by atoms with van der Waals surface area (Å²) < 4.78 is 5.59. The summed E-state index contributed by atoms with van der Waals surface area (Å²) in [7, 11) is 0. The highest BCUT2D eigenvalue weighted by molar-refractivity contribution is 5.79. The zero-order valence-electron chi connectivity index (χ0n) is 9.48. The smallest absolute Gasteiger partial charge is 0.150 e. The fourth-order valence-corrected chi connectivity index (χ4v) is 1.44. The van der Waals surface area contributed by atoms with E-state index in [9.17, 15) is 4.79 Å². The third-order valence-electron chi connectivity index (χ3n) is 2.34. The van der Waals surface area contributed by atoms with Crippen LogP contribution in [0.2, 0.25) is 0 Å². The SMILES string of the molecule is O=Cc1ccc(Oc2ccc(C=NO)cc2)cc1. The first-order chi connectivity index (χ1) is 8.81. The standard InChI is InChI=1S/C14H11NO3/c16-10-12-3-7-14(8-4-12)18-13-5-1-11(2-6-13)9-15-17/h1-10,17H. The molecule has 0 aliphatic carbocycles. The van der Waals surface area contributed by atoms with Gasteiger partial charge in [-0.1, -0.05) is 5.16 Å². The maximum absolute atomic E-state index is 10.5. The van der Waals surface area contributed by atoms with Crippen molar-refractivity contribution >= 4 is 12.5 Å². The number of carbonyl (C=O) groups excluding carboxylic acids is 1. The van der Waals surface area contributed by atoms with Crippen molar-refractivity contribution in [2.24, 2.45) is 5.16 Å². The van der Waals surface area contributed by atoms with Gasteiger partial charge < -0.3 is 9.94 Å². The highest BCUT2D eigenvalue weighted by Crippen LogP contribution is 2.21. The molecule has 2 aromatic carbocycles. The van der Waals surface area contributed by atoms with E-state index in [1.165, 1.54) is 6.21 Å². The van der Waals surface area contributed by atoms with Crippen LogP contribution in [0.5, 0.6) is 11.5 Å². The van der Waals surface area contributed by atoms with Crippen LogP contribution in [0.3, 0.4) is 0 Å². The average Bonchev–Trinajstić information content (AvgIpc) is 2.42. The third kappa shape index (κ3) is 2.95. The summed E-state index contributed by atoms with van der Waals surface area (Å²) >= 11 is 0. The van der Waals surface area contributed by atoms with Crippen molar-refractivity contribution in [1.29, 1.82) is 0 Å². The maximum Gasteiger partial charge on any atom is 0.150 e. The zero-order chi connectivity index (χ0) is 12.8. The van der Waals surface area contributed by atoms with Gasteiger partial charge in [0, 0.05) is 5.56 Å². The van der Waals surface area contributed by atoms with Crippen molar-refractivity contribution in [2.45, 2.75) is 0 Å². The van der Waals surface area contributed by atoms with Gasteiger partial charge in [-0.25, -0.2) is 0 Å². The van der Waals surface area contributed by atoms with Gasteiger partial charge in [-0.15, -0.1) is 0 Å². The first-order valence-electron chi connectivity index (χ1n) is 5.32. The van der Waals surface area contributed by atoms with Crippen LogP contribution in [0.15, 0.2) is 53.7 Å². The fraction of sp³-hybridized carbons (Fsp3) is 0. The molecule has 0 aliphatic rings. The molecule has 4 heteroatoms. The van der Waals surface area contributed by atoms with Crippen molar-refractivity contribution in [3.63, 3.8) is 0 Å². The average molecular weight is 241 g/mol. The topological polar surface area (TPSA) is 58.9 Å². The van der Waals surface area contributed by atoms with Crippen molar-refractivity contribution in [2.75, 3.05) is 0 Å². The van der Waals surface area contributed by atoms with Crippen molar-refractivity contribution < 1.29 is 14.7 Å². The Balaban J connectivity index is 2.10. The molecule has 0 spiro atoms. The molecular formula is C14H11NO3. The van der Waals surface area contributed by atoms with Crippen LogP contribution >= 0.6 is 0 Å². The predicted molar refractivity (Wildman–Crippen MR) is 67.7 cm³/mol. The zero-order valence-corrected chi connectivity index (χ0v) is 9.48. The Morgan fingerprint density at radius 3 is 1.83 bits per heavy atom. The highest BCUT2D eigenvalue weighted by Gasteiger charge is 1.97. The Kier molecular flexibility index (Phi) is 3.71. The van der Waals surface area contributed by atoms with E-state index in [2.05, 4.69) is 5.16 Å². The van der Waals surface area contributed by atoms with E-state index in [-0.39, 0.29) is 0 Å². The van der Waals surface area contributed by atoms with Gasteiger partial charge in [-0.2, -0.15) is 0 Å². The van der Waals surface area contributed by atoms with Gasteiger partial charge in [0.05, 0.1) is 6.21 Å². The highest BCUT2D eigenvalue weighted by atomic mass is 16.5. The molecule has 0 amide bonds. The van der Waals surface area contributed by atoms with Gasteiger partial charge in [0.15, 0.2) is 0 Å². The van der Waals surface area contributed by atoms with Gasteiger partial charge in [-0.05, 0) is 54.1 Å². The van der Waals surface area contributed by atoms with Gasteiger partial charge in [0.25, 0.3) is 0 Å². The molecule has 2 aromatic rings. The minimum Gasteiger partial charge on any atom is -0.457 e. The van der Waals surface area contributed by atoms with Gasteiger partial charge in [0.1, 0.15) is 17.8 Å². The monoisotopic (exact) mass is 241 g/mol. The summed E-state index contributed by atoms with van der Waals surface area (Å²) in [5.41, 5.74) is 1.39. The molecule has 0 aromatic heterocycles. The number of hydrogen-bond donors (Lipinski definition) is 1. The van der Waals surface area contributed by atoms with Crippen molar-refractivity contribution in [3.8, 4) is 11.5 Å². The fourth-order valence-electron chi connectivity index (χ4n) is 1.44. The molecule has 0 radical (unpaired) electrons. The molecular weight excluding hydrogens is 230 g/mol. The Labute approximate surface area is 104 Å². The summed E-state index contributed by atoms with van der Waals surface area (Å²) in [6.45, 7) is 0. The van der Waals surface area contributed by atoms with Crippen molar-refractivity contribution in [1.82, 2.24) is 0 Å². The second-order valence-corrected chi connectivity index (χ2v) is 3.60. The lowest BCUT2D eigenvalue weighted by Gasteiger charge is -2.05. The van der Waals surface area contributed by atoms with E-state index in [0.29, 0.717) is 17.1 Å². The molecule has 0 fully saturated rings. The Morgan fingerprint density at radius 2 is 1.39 bits per heavy atom. The Morgan fingerprint density at radius 1 is 0.889 bits per heavy atom. The lowest BCUT2D eigenvalue weighted by Crippen LogP contribution is -1.86. The quantitative estimate of drug-likeness (QED) is 0.387. The van der Waals surface area contributed by atoms with Crippen LogP contribution < -0.4 is 4.74 Å². The minimum absolute atomic E-state index is 0.608. The largest absolute Gasteiger partial charge is 0.457 e. The number of benzene rings is 2. The molecule has 0 unspecified atom stereocenters. The second-order valence-electron chi connectivity index (χ2n) is 3.60. The minimum atomic E-state index is 0.608. The Bertz CT molecular complexity index is 544. The molecule has 18 heavy (non-hydrogen) atoms. The second kappa shape index (κ2) is 5.63. The summed E-state index contributed by atoms with van der Waals surface area (Å²) in [4.78, 5) is 10.5. The van der Waals surface area contributed by atoms with Crippen LogP contribution in [0.1, 0.15) is 15.9 Å². The van der Waals surface area contributed by atoms with Crippen LogP contribution in [0.4, 0.5) is 0 Å². The predicted octanol–water partition coefficient (Wildman–Crippen LogP) is 3.10. The van der Waals surface area contributed by atoms with E-state index in [0.717, 1.165) is 11.8 Å². The van der Waals surface area contributed by atoms with E-state index < -0.39 is 0 Å². The molecule has 2 rings (SSSR count). The number of oxime groups is 1. The van der Waals surface area contributed by atoms with Gasteiger partial charge >= 0.3 is 0 Å². The maximum atomic E-state index is 10.5. The van der Waals surface area contributed by atoms with E-state index >= 15 is 0 Å². The number of hydrogen-bond acceptors (Lipinski definition) is 4. The van der Waals surface area contributed by atoms with Crippen LogP contribution in [-0.2, 0) is 0 Å². The molecule has 0 heterocycles. The summed E-state index contributed by atoms with van der Waals surface area (Å²) in [5.74, 6) is 1.33. The van der Waals surface area contributed by atoms with E-state index in [1.54, 1.807) is 48.5 Å². The number of rotatable bonds is 4. The third-order valence-corrected chi connectivity index (χ3v) is 2.34. The first kappa shape index (κ1) is 11.9. The summed E-state index contributed by atoms with van der Waals surface area (Å²) in [6, 6.07) is 13.9. The van der Waals surface area contributed by atoms with Crippen molar-refractivity contribution in [3.05, 3.63) is 59.7 Å². The number of ether oxygens (including phenoxy) is 1. The molecule has 0 saturated heterocycles. The molecule has 0 atom stereocenters. The molecule has 0 aliphatic heterocycles. The number of nitrogens with zero attached hydrogens (tertiary/aromatic N) is 1. The van der Waals surface area contributed by atoms with Gasteiger partial charge in [0.2, 0.25) is 0 Å². The lowest BCUT2D eigenvalue weighted by molar-refractivity contribution is 0.112. The molecule has 4 nitrogen and oxygen atoms in total. The van der Waals surface area contributed by atoms with E-state index in [4.69, 9.17) is 9.94 Å². The van der Waals surface area contributed by atoms with Crippen LogP contribution in [0.25, 0.3) is 0 Å². The number of carbonyl (C=O) groups is 1. The first-order valence-corrected chi connectivity index (χ1v) is 5.32. The molecule has 0 saturated carbocycles. The summed E-state index contributed by atoms with van der Waals surface area (Å²) in [5, 5.41) is 11.3. The van der Waals surface area contributed by atoms with Crippen LogP contribution in [-0.4, -0.2) is 17.7 Å². The molecule has 1 N–H and O–H groups in total. The van der Waals surface area contributed by atoms with E-state index in [1.807, 2.05) is 0 Å². The number of aldehydes is 1. The Hall–Kier alpha value is -2.62.